The average Bonchev–Trinajstić information content (AvgIpc) is 2.72. The number of carbonyl (C=O) groups is 1. The number of pyridine rings is 1. The SMILES string of the molecule is CNc1ncccc1C(=O)N1CC[C@@H](c2ccc3ccccc3c2)[C@H](O)C1. The zero-order chi connectivity index (χ0) is 18.8. The molecule has 27 heavy (non-hydrogen) atoms. The Balaban J connectivity index is 1.52. The molecule has 5 nitrogen and oxygen atoms in total. The third kappa shape index (κ3) is 3.38. The normalized spacial score (nSPS) is 19.9. The molecule has 1 saturated heterocycles. The minimum atomic E-state index is -0.585. The molecule has 2 heterocycles. The van der Waals surface area contributed by atoms with Gasteiger partial charge in [-0.2, -0.15) is 0 Å². The van der Waals surface area contributed by atoms with Crippen molar-refractivity contribution in [2.45, 2.75) is 18.4 Å². The van der Waals surface area contributed by atoms with Crippen LogP contribution in [0.5, 0.6) is 0 Å². The highest BCUT2D eigenvalue weighted by atomic mass is 16.3. The fraction of sp³-hybridized carbons (Fsp3) is 0.273. The van der Waals surface area contributed by atoms with Crippen molar-refractivity contribution in [3.8, 4) is 0 Å². The second-order valence-electron chi connectivity index (χ2n) is 6.97. The number of hydrogen-bond donors (Lipinski definition) is 2. The highest BCUT2D eigenvalue weighted by molar-refractivity contribution is 5.98. The van der Waals surface area contributed by atoms with E-state index in [1.165, 1.54) is 10.8 Å². The summed E-state index contributed by atoms with van der Waals surface area (Å²) in [7, 11) is 1.75. The molecule has 2 atom stereocenters. The highest BCUT2D eigenvalue weighted by Gasteiger charge is 2.32. The van der Waals surface area contributed by atoms with Crippen molar-refractivity contribution in [2.24, 2.45) is 0 Å². The van der Waals surface area contributed by atoms with Gasteiger partial charge < -0.3 is 15.3 Å². The van der Waals surface area contributed by atoms with Crippen molar-refractivity contribution in [1.82, 2.24) is 9.88 Å². The van der Waals surface area contributed by atoms with Crippen molar-refractivity contribution < 1.29 is 9.90 Å². The van der Waals surface area contributed by atoms with Gasteiger partial charge in [-0.05, 0) is 34.9 Å². The van der Waals surface area contributed by atoms with Gasteiger partial charge in [0, 0.05) is 32.3 Å². The Morgan fingerprint density at radius 1 is 1.15 bits per heavy atom. The van der Waals surface area contributed by atoms with Crippen molar-refractivity contribution in [3.05, 3.63) is 71.9 Å². The second kappa shape index (κ2) is 7.37. The predicted molar refractivity (Wildman–Crippen MR) is 107 cm³/mol. The van der Waals surface area contributed by atoms with Gasteiger partial charge in [0.05, 0.1) is 11.7 Å². The molecule has 1 amide bonds. The summed E-state index contributed by atoms with van der Waals surface area (Å²) in [5.41, 5.74) is 1.67. The van der Waals surface area contributed by atoms with Crippen LogP contribution in [0.4, 0.5) is 5.82 Å². The van der Waals surface area contributed by atoms with Crippen molar-refractivity contribution in [3.63, 3.8) is 0 Å². The van der Waals surface area contributed by atoms with Gasteiger partial charge in [-0.1, -0.05) is 42.5 Å². The van der Waals surface area contributed by atoms with Crippen molar-refractivity contribution >= 4 is 22.5 Å². The number of rotatable bonds is 3. The fourth-order valence-corrected chi connectivity index (χ4v) is 3.89. The Hall–Kier alpha value is -2.92. The van der Waals surface area contributed by atoms with Gasteiger partial charge in [0.25, 0.3) is 5.91 Å². The van der Waals surface area contributed by atoms with Gasteiger partial charge in [-0.25, -0.2) is 4.98 Å². The monoisotopic (exact) mass is 361 g/mol. The van der Waals surface area contributed by atoms with Crippen LogP contribution in [0, 0.1) is 0 Å². The van der Waals surface area contributed by atoms with E-state index in [1.807, 2.05) is 12.1 Å². The standard InChI is InChI=1S/C22H23N3O2/c1-23-21-19(7-4-11-24-21)22(27)25-12-10-18(20(26)14-25)17-9-8-15-5-2-3-6-16(15)13-17/h2-9,11,13,18,20,26H,10,12,14H2,1H3,(H,23,24)/t18-,20+/m0/s1. The Kier molecular flexibility index (Phi) is 4.77. The van der Waals surface area contributed by atoms with Gasteiger partial charge in [-0.15, -0.1) is 0 Å². The first kappa shape index (κ1) is 17.5. The predicted octanol–water partition coefficient (Wildman–Crippen LogP) is 3.27. The number of β-amino-alcohol motifs (C(OH)–C–C–N with tert-alkyl or cyclic N) is 1. The molecule has 1 aliphatic heterocycles. The van der Waals surface area contributed by atoms with E-state index in [0.29, 0.717) is 24.5 Å². The van der Waals surface area contributed by atoms with E-state index in [-0.39, 0.29) is 11.8 Å². The Labute approximate surface area is 158 Å². The topological polar surface area (TPSA) is 65.5 Å². The van der Waals surface area contributed by atoms with Crippen LogP contribution in [0.15, 0.2) is 60.8 Å². The summed E-state index contributed by atoms with van der Waals surface area (Å²) in [5, 5.41) is 16.1. The first-order chi connectivity index (χ1) is 13.2. The summed E-state index contributed by atoms with van der Waals surface area (Å²) in [5.74, 6) is 0.508. The Bertz CT molecular complexity index is 972. The largest absolute Gasteiger partial charge is 0.391 e. The van der Waals surface area contributed by atoms with Crippen LogP contribution in [0.2, 0.25) is 0 Å². The molecule has 4 rings (SSSR count). The number of carbonyl (C=O) groups excluding carboxylic acids is 1. The molecule has 0 spiro atoms. The number of aliphatic hydroxyl groups is 1. The van der Waals surface area contributed by atoms with E-state index >= 15 is 0 Å². The molecule has 2 N–H and O–H groups in total. The lowest BCUT2D eigenvalue weighted by Gasteiger charge is -2.36. The van der Waals surface area contributed by atoms with E-state index in [9.17, 15) is 9.90 Å². The Morgan fingerprint density at radius 2 is 1.96 bits per heavy atom. The molecule has 0 radical (unpaired) electrons. The lowest BCUT2D eigenvalue weighted by Crippen LogP contribution is -2.45. The Morgan fingerprint density at radius 3 is 2.74 bits per heavy atom. The van der Waals surface area contributed by atoms with E-state index in [0.717, 1.165) is 12.0 Å². The number of fused-ring (bicyclic) bond motifs is 1. The molecular formula is C22H23N3O2. The van der Waals surface area contributed by atoms with E-state index in [2.05, 4.69) is 40.6 Å². The third-order valence-corrected chi connectivity index (χ3v) is 5.35. The maximum Gasteiger partial charge on any atom is 0.257 e. The van der Waals surface area contributed by atoms with Crippen LogP contribution in [-0.2, 0) is 0 Å². The number of hydrogen-bond acceptors (Lipinski definition) is 4. The number of benzene rings is 2. The number of likely N-dealkylation sites (tertiary alicyclic amines) is 1. The summed E-state index contributed by atoms with van der Waals surface area (Å²) < 4.78 is 0. The maximum atomic E-state index is 12.9. The molecule has 3 aromatic rings. The van der Waals surface area contributed by atoms with Gasteiger partial charge >= 0.3 is 0 Å². The molecule has 2 aromatic carbocycles. The molecule has 0 unspecified atom stereocenters. The number of piperidine rings is 1. The third-order valence-electron chi connectivity index (χ3n) is 5.35. The smallest absolute Gasteiger partial charge is 0.257 e. The van der Waals surface area contributed by atoms with Crippen LogP contribution in [0.1, 0.15) is 28.3 Å². The molecule has 1 fully saturated rings. The molecule has 0 bridgehead atoms. The first-order valence-electron chi connectivity index (χ1n) is 9.26. The average molecular weight is 361 g/mol. The van der Waals surface area contributed by atoms with Gasteiger partial charge in [0.2, 0.25) is 0 Å². The molecule has 0 saturated carbocycles. The highest BCUT2D eigenvalue weighted by Crippen LogP contribution is 2.31. The lowest BCUT2D eigenvalue weighted by atomic mass is 9.86. The van der Waals surface area contributed by atoms with Gasteiger partial charge in [-0.3, -0.25) is 4.79 Å². The minimum Gasteiger partial charge on any atom is -0.391 e. The van der Waals surface area contributed by atoms with E-state index in [1.54, 1.807) is 30.3 Å². The minimum absolute atomic E-state index is 0.0383. The van der Waals surface area contributed by atoms with Crippen LogP contribution >= 0.6 is 0 Å². The number of anilines is 1. The zero-order valence-corrected chi connectivity index (χ0v) is 15.3. The molecule has 138 valence electrons. The number of aliphatic hydroxyl groups excluding tert-OH is 1. The van der Waals surface area contributed by atoms with Gasteiger partial charge in [0.1, 0.15) is 5.82 Å². The van der Waals surface area contributed by atoms with E-state index in [4.69, 9.17) is 0 Å². The van der Waals surface area contributed by atoms with Gasteiger partial charge in [0.15, 0.2) is 0 Å². The maximum absolute atomic E-state index is 12.9. The molecule has 1 aliphatic rings. The summed E-state index contributed by atoms with van der Waals surface area (Å²) in [6.45, 7) is 0.944. The first-order valence-corrected chi connectivity index (χ1v) is 9.26. The summed E-state index contributed by atoms with van der Waals surface area (Å²) in [4.78, 5) is 18.8. The molecular weight excluding hydrogens is 338 g/mol. The quantitative estimate of drug-likeness (QED) is 0.751. The number of nitrogens with zero attached hydrogens (tertiary/aromatic N) is 2. The number of amides is 1. The summed E-state index contributed by atoms with van der Waals surface area (Å²) in [6, 6.07) is 18.1. The molecule has 1 aromatic heterocycles. The zero-order valence-electron chi connectivity index (χ0n) is 15.3. The van der Waals surface area contributed by atoms with Crippen molar-refractivity contribution in [1.29, 1.82) is 0 Å². The van der Waals surface area contributed by atoms with E-state index < -0.39 is 6.10 Å². The summed E-state index contributed by atoms with van der Waals surface area (Å²) in [6.07, 6.45) is 1.81. The number of aromatic nitrogens is 1. The summed E-state index contributed by atoms with van der Waals surface area (Å²) >= 11 is 0. The number of nitrogens with one attached hydrogen (secondary N) is 1. The van der Waals surface area contributed by atoms with Crippen molar-refractivity contribution in [2.75, 3.05) is 25.5 Å². The molecule has 0 aliphatic carbocycles. The van der Waals surface area contributed by atoms with Crippen LogP contribution in [0.3, 0.4) is 0 Å². The second-order valence-corrected chi connectivity index (χ2v) is 6.97. The van der Waals surface area contributed by atoms with Crippen LogP contribution in [0.25, 0.3) is 10.8 Å². The lowest BCUT2D eigenvalue weighted by molar-refractivity contribution is 0.0382. The fourth-order valence-electron chi connectivity index (χ4n) is 3.89. The molecule has 5 heteroatoms. The van der Waals surface area contributed by atoms with Crippen LogP contribution < -0.4 is 5.32 Å². The van der Waals surface area contributed by atoms with Crippen LogP contribution in [-0.4, -0.2) is 47.1 Å².